The third kappa shape index (κ3) is 2.46. The molecule has 1 aliphatic heterocycles. The zero-order valence-electron chi connectivity index (χ0n) is 12.0. The number of piperazine rings is 1. The summed E-state index contributed by atoms with van der Waals surface area (Å²) in [6, 6.07) is 2.92. The van der Waals surface area contributed by atoms with Gasteiger partial charge in [-0.25, -0.2) is 8.78 Å². The minimum Gasteiger partial charge on any atom is -0.353 e. The molecule has 3 heterocycles. The summed E-state index contributed by atoms with van der Waals surface area (Å²) < 4.78 is 26.9. The lowest BCUT2D eigenvalue weighted by molar-refractivity contribution is -0.123. The molecule has 0 spiro atoms. The van der Waals surface area contributed by atoms with Crippen LogP contribution in [0.1, 0.15) is 32.0 Å². The number of halogens is 2. The van der Waals surface area contributed by atoms with Crippen LogP contribution in [-0.2, 0) is 4.79 Å². The van der Waals surface area contributed by atoms with E-state index in [1.54, 1.807) is 12.1 Å². The van der Waals surface area contributed by atoms with Crippen molar-refractivity contribution in [2.24, 2.45) is 0 Å². The van der Waals surface area contributed by atoms with Crippen LogP contribution in [0.2, 0.25) is 0 Å². The van der Waals surface area contributed by atoms with Crippen LogP contribution in [0.15, 0.2) is 12.1 Å². The maximum atomic E-state index is 12.9. The first kappa shape index (κ1) is 14.6. The third-order valence-corrected chi connectivity index (χ3v) is 3.66. The fraction of sp³-hybridized carbons (Fsp3) is 0.538. The summed E-state index contributed by atoms with van der Waals surface area (Å²) in [4.78, 5) is 13.9. The van der Waals surface area contributed by atoms with Crippen molar-refractivity contribution in [1.29, 1.82) is 0 Å². The standard InChI is InChI=1S/C13H16F2N6O/c1-2-3-8-13(22)16-6-7-20(8)10-5-4-9-17-18-12(11(14)15)21(9)19-10/h4-5,8,11H,2-3,6-7H2,1H3,(H,16,22). The van der Waals surface area contributed by atoms with Crippen molar-refractivity contribution in [3.8, 4) is 0 Å². The molecule has 0 aliphatic carbocycles. The summed E-state index contributed by atoms with van der Waals surface area (Å²) >= 11 is 0. The Morgan fingerprint density at radius 3 is 2.95 bits per heavy atom. The van der Waals surface area contributed by atoms with Crippen molar-refractivity contribution in [3.63, 3.8) is 0 Å². The van der Waals surface area contributed by atoms with Crippen LogP contribution in [0.3, 0.4) is 0 Å². The third-order valence-electron chi connectivity index (χ3n) is 3.66. The molecule has 0 saturated carbocycles. The van der Waals surface area contributed by atoms with Gasteiger partial charge in [-0.2, -0.15) is 4.52 Å². The van der Waals surface area contributed by atoms with Crippen LogP contribution in [0.25, 0.3) is 5.65 Å². The van der Waals surface area contributed by atoms with Crippen molar-refractivity contribution in [2.75, 3.05) is 18.0 Å². The smallest absolute Gasteiger partial charge is 0.299 e. The topological polar surface area (TPSA) is 75.4 Å². The van der Waals surface area contributed by atoms with E-state index in [9.17, 15) is 13.6 Å². The zero-order chi connectivity index (χ0) is 15.7. The Hall–Kier alpha value is -2.32. The molecule has 1 aliphatic rings. The molecule has 0 aromatic carbocycles. The minimum absolute atomic E-state index is 0.0622. The van der Waals surface area contributed by atoms with Gasteiger partial charge >= 0.3 is 0 Å². The number of carbonyl (C=O) groups excluding carboxylic acids is 1. The predicted octanol–water partition coefficient (Wildman–Crippen LogP) is 1.17. The van der Waals surface area contributed by atoms with Gasteiger partial charge in [0.2, 0.25) is 11.7 Å². The highest BCUT2D eigenvalue weighted by atomic mass is 19.3. The van der Waals surface area contributed by atoms with Gasteiger partial charge in [0.25, 0.3) is 6.43 Å². The van der Waals surface area contributed by atoms with Crippen LogP contribution >= 0.6 is 0 Å². The number of anilines is 1. The van der Waals surface area contributed by atoms with E-state index in [0.29, 0.717) is 25.3 Å². The van der Waals surface area contributed by atoms with Gasteiger partial charge in [0.05, 0.1) is 0 Å². The molecule has 1 saturated heterocycles. The number of carbonyl (C=O) groups is 1. The van der Waals surface area contributed by atoms with Gasteiger partial charge in [-0.15, -0.1) is 15.3 Å². The van der Waals surface area contributed by atoms with Crippen LogP contribution in [0, 0.1) is 0 Å². The van der Waals surface area contributed by atoms with E-state index in [4.69, 9.17) is 0 Å². The van der Waals surface area contributed by atoms with E-state index < -0.39 is 12.2 Å². The largest absolute Gasteiger partial charge is 0.353 e. The molecular formula is C13H16F2N6O. The molecule has 7 nitrogen and oxygen atoms in total. The number of nitrogens with zero attached hydrogens (tertiary/aromatic N) is 5. The van der Waals surface area contributed by atoms with E-state index in [2.05, 4.69) is 20.6 Å². The molecule has 3 rings (SSSR count). The highest BCUT2D eigenvalue weighted by Gasteiger charge is 2.30. The Morgan fingerprint density at radius 1 is 1.41 bits per heavy atom. The Morgan fingerprint density at radius 2 is 2.23 bits per heavy atom. The van der Waals surface area contributed by atoms with Crippen LogP contribution in [0.5, 0.6) is 0 Å². The molecule has 9 heteroatoms. The number of hydrogen-bond donors (Lipinski definition) is 1. The van der Waals surface area contributed by atoms with Gasteiger partial charge < -0.3 is 10.2 Å². The van der Waals surface area contributed by atoms with Crippen molar-refractivity contribution in [1.82, 2.24) is 25.1 Å². The second-order valence-electron chi connectivity index (χ2n) is 5.11. The molecule has 1 atom stereocenters. The van der Waals surface area contributed by atoms with E-state index in [1.165, 1.54) is 0 Å². The maximum absolute atomic E-state index is 12.9. The molecule has 0 bridgehead atoms. The second kappa shape index (κ2) is 5.82. The number of fused-ring (bicyclic) bond motifs is 1. The molecule has 2 aromatic heterocycles. The molecule has 1 amide bonds. The van der Waals surface area contributed by atoms with Crippen LogP contribution in [-0.4, -0.2) is 44.8 Å². The van der Waals surface area contributed by atoms with Crippen LogP contribution < -0.4 is 10.2 Å². The first-order valence-electron chi connectivity index (χ1n) is 7.16. The SMILES string of the molecule is CCCC1C(=O)NCCN1c1ccc2nnc(C(F)F)n2n1. The van der Waals surface area contributed by atoms with E-state index in [-0.39, 0.29) is 17.6 Å². The lowest BCUT2D eigenvalue weighted by Gasteiger charge is -2.35. The minimum atomic E-state index is -2.76. The lowest BCUT2D eigenvalue weighted by Crippen LogP contribution is -2.55. The van der Waals surface area contributed by atoms with Crippen molar-refractivity contribution in [3.05, 3.63) is 18.0 Å². The molecule has 1 unspecified atom stereocenters. The fourth-order valence-corrected chi connectivity index (χ4v) is 2.63. The molecule has 1 fully saturated rings. The second-order valence-corrected chi connectivity index (χ2v) is 5.11. The number of alkyl halides is 2. The molecule has 118 valence electrons. The quantitative estimate of drug-likeness (QED) is 0.917. The molecule has 2 aromatic rings. The summed E-state index contributed by atoms with van der Waals surface area (Å²) in [6.45, 7) is 3.08. The van der Waals surface area contributed by atoms with Gasteiger partial charge in [-0.05, 0) is 18.6 Å². The van der Waals surface area contributed by atoms with E-state index in [0.717, 1.165) is 10.9 Å². The Kier molecular flexibility index (Phi) is 3.86. The zero-order valence-corrected chi connectivity index (χ0v) is 12.0. The van der Waals surface area contributed by atoms with Crippen molar-refractivity contribution < 1.29 is 13.6 Å². The molecule has 22 heavy (non-hydrogen) atoms. The molecular weight excluding hydrogens is 294 g/mol. The highest BCUT2D eigenvalue weighted by molar-refractivity contribution is 5.86. The van der Waals surface area contributed by atoms with Gasteiger partial charge in [-0.1, -0.05) is 13.3 Å². The molecule has 0 radical (unpaired) electrons. The van der Waals surface area contributed by atoms with E-state index in [1.807, 2.05) is 11.8 Å². The Labute approximate surface area is 125 Å². The van der Waals surface area contributed by atoms with Gasteiger partial charge in [-0.3, -0.25) is 4.79 Å². The lowest BCUT2D eigenvalue weighted by atomic mass is 10.1. The maximum Gasteiger partial charge on any atom is 0.299 e. The number of amides is 1. The predicted molar refractivity (Wildman–Crippen MR) is 74.8 cm³/mol. The first-order chi connectivity index (χ1) is 10.6. The Balaban J connectivity index is 2.00. The normalized spacial score (nSPS) is 19.0. The Bertz CT molecular complexity index is 688. The van der Waals surface area contributed by atoms with Crippen molar-refractivity contribution >= 4 is 17.4 Å². The molecule has 1 N–H and O–H groups in total. The number of aromatic nitrogens is 4. The van der Waals surface area contributed by atoms with Gasteiger partial charge in [0.1, 0.15) is 11.9 Å². The van der Waals surface area contributed by atoms with Gasteiger partial charge in [0, 0.05) is 13.1 Å². The number of rotatable bonds is 4. The highest BCUT2D eigenvalue weighted by Crippen LogP contribution is 2.22. The monoisotopic (exact) mass is 310 g/mol. The summed E-state index contributed by atoms with van der Waals surface area (Å²) in [5.74, 6) is -0.0827. The average Bonchev–Trinajstić information content (AvgIpc) is 2.92. The summed E-state index contributed by atoms with van der Waals surface area (Å²) in [6.07, 6.45) is -1.24. The summed E-state index contributed by atoms with van der Waals surface area (Å²) in [5, 5.41) is 14.1. The number of nitrogens with one attached hydrogen (secondary N) is 1. The van der Waals surface area contributed by atoms with Gasteiger partial charge in [0.15, 0.2) is 5.65 Å². The van der Waals surface area contributed by atoms with Crippen molar-refractivity contribution in [2.45, 2.75) is 32.2 Å². The fourth-order valence-electron chi connectivity index (χ4n) is 2.63. The van der Waals surface area contributed by atoms with E-state index >= 15 is 0 Å². The average molecular weight is 310 g/mol. The summed E-state index contributed by atoms with van der Waals surface area (Å²) in [5.41, 5.74) is 0.257. The summed E-state index contributed by atoms with van der Waals surface area (Å²) in [7, 11) is 0. The number of hydrogen-bond acceptors (Lipinski definition) is 5. The van der Waals surface area contributed by atoms with Crippen LogP contribution in [0.4, 0.5) is 14.6 Å². The first-order valence-corrected chi connectivity index (χ1v) is 7.16.